The molecule has 2 N–H and O–H groups in total. The molecule has 1 aromatic carbocycles. The van der Waals surface area contributed by atoms with Crippen molar-refractivity contribution in [1.82, 2.24) is 10.2 Å². The fourth-order valence-corrected chi connectivity index (χ4v) is 4.30. The van der Waals surface area contributed by atoms with Crippen LogP contribution < -0.4 is 10.6 Å². The van der Waals surface area contributed by atoms with E-state index in [0.717, 1.165) is 38.5 Å². The number of hydrogen-bond donors (Lipinski definition) is 2. The van der Waals surface area contributed by atoms with Crippen LogP contribution in [0, 0.1) is 5.92 Å². The molecule has 0 spiro atoms. The van der Waals surface area contributed by atoms with Gasteiger partial charge in [-0.2, -0.15) is 0 Å². The summed E-state index contributed by atoms with van der Waals surface area (Å²) < 4.78 is 0. The second kappa shape index (κ2) is 6.74. The molecule has 1 aliphatic carbocycles. The lowest BCUT2D eigenvalue weighted by Gasteiger charge is -2.39. The minimum Gasteiger partial charge on any atom is -0.353 e. The third-order valence-electron chi connectivity index (χ3n) is 5.78. The van der Waals surface area contributed by atoms with Gasteiger partial charge in [0.15, 0.2) is 5.78 Å². The summed E-state index contributed by atoms with van der Waals surface area (Å²) in [5, 5.41) is 6.11. The first-order valence-corrected chi connectivity index (χ1v) is 9.52. The van der Waals surface area contributed by atoms with E-state index in [9.17, 15) is 14.4 Å². The fourth-order valence-electron chi connectivity index (χ4n) is 4.30. The van der Waals surface area contributed by atoms with Crippen molar-refractivity contribution in [1.29, 1.82) is 0 Å². The number of nitrogens with one attached hydrogen (secondary N) is 2. The quantitative estimate of drug-likeness (QED) is 0.815. The Morgan fingerprint density at radius 1 is 1.04 bits per heavy atom. The summed E-state index contributed by atoms with van der Waals surface area (Å²) in [4.78, 5) is 38.3. The Bertz CT molecular complexity index is 730. The molecule has 6 nitrogen and oxygen atoms in total. The van der Waals surface area contributed by atoms with E-state index in [1.54, 1.807) is 24.3 Å². The zero-order valence-electron chi connectivity index (χ0n) is 15.0. The van der Waals surface area contributed by atoms with Crippen molar-refractivity contribution < 1.29 is 14.4 Å². The van der Waals surface area contributed by atoms with E-state index < -0.39 is 0 Å². The van der Waals surface area contributed by atoms with Crippen molar-refractivity contribution in [3.63, 3.8) is 0 Å². The van der Waals surface area contributed by atoms with Crippen molar-refractivity contribution in [3.05, 3.63) is 29.8 Å². The number of carbonyl (C=O) groups is 3. The van der Waals surface area contributed by atoms with Gasteiger partial charge in [-0.3, -0.25) is 9.59 Å². The molecular formula is C20H25N3O3. The van der Waals surface area contributed by atoms with E-state index >= 15 is 0 Å². The lowest BCUT2D eigenvalue weighted by Crippen LogP contribution is -2.53. The van der Waals surface area contributed by atoms with Gasteiger partial charge >= 0.3 is 6.03 Å². The second-order valence-corrected chi connectivity index (χ2v) is 7.81. The highest BCUT2D eigenvalue weighted by molar-refractivity contribution is 5.97. The predicted molar refractivity (Wildman–Crippen MR) is 98.0 cm³/mol. The molecule has 4 rings (SSSR count). The third kappa shape index (κ3) is 3.45. The highest BCUT2D eigenvalue weighted by Crippen LogP contribution is 2.37. The van der Waals surface area contributed by atoms with Crippen LogP contribution in [0.25, 0.3) is 0 Å². The largest absolute Gasteiger partial charge is 0.353 e. The van der Waals surface area contributed by atoms with E-state index in [0.29, 0.717) is 11.3 Å². The lowest BCUT2D eigenvalue weighted by atomic mass is 9.97. The Labute approximate surface area is 153 Å². The van der Waals surface area contributed by atoms with Crippen molar-refractivity contribution in [2.45, 2.75) is 63.6 Å². The highest BCUT2D eigenvalue weighted by atomic mass is 16.2. The number of urea groups is 1. The molecule has 2 heterocycles. The topological polar surface area (TPSA) is 78.5 Å². The normalized spacial score (nSPS) is 27.1. The number of nitrogens with zero attached hydrogens (tertiary/aromatic N) is 1. The molecule has 138 valence electrons. The van der Waals surface area contributed by atoms with Crippen LogP contribution in [0.5, 0.6) is 0 Å². The molecule has 2 bridgehead atoms. The Morgan fingerprint density at radius 2 is 1.73 bits per heavy atom. The molecular weight excluding hydrogens is 330 g/mol. The van der Waals surface area contributed by atoms with Gasteiger partial charge in [0.25, 0.3) is 0 Å². The zero-order valence-corrected chi connectivity index (χ0v) is 15.0. The zero-order chi connectivity index (χ0) is 18.3. The number of fused-ring (bicyclic) bond motifs is 2. The number of amides is 3. The van der Waals surface area contributed by atoms with Gasteiger partial charge in [0.1, 0.15) is 0 Å². The maximum atomic E-state index is 12.8. The summed E-state index contributed by atoms with van der Waals surface area (Å²) in [5.41, 5.74) is 1.23. The van der Waals surface area contributed by atoms with Crippen molar-refractivity contribution in [3.8, 4) is 0 Å². The minimum atomic E-state index is -0.106. The molecule has 0 radical (unpaired) electrons. The lowest BCUT2D eigenvalue weighted by molar-refractivity contribution is -0.123. The fraction of sp³-hybridized carbons (Fsp3) is 0.550. The van der Waals surface area contributed by atoms with Gasteiger partial charge in [-0.15, -0.1) is 0 Å². The number of rotatable bonds is 4. The highest BCUT2D eigenvalue weighted by Gasteiger charge is 2.44. The van der Waals surface area contributed by atoms with Gasteiger partial charge in [0.2, 0.25) is 5.91 Å². The average Bonchev–Trinajstić information content (AvgIpc) is 3.41. The molecule has 6 heteroatoms. The van der Waals surface area contributed by atoms with Crippen LogP contribution in [0.4, 0.5) is 10.5 Å². The van der Waals surface area contributed by atoms with E-state index in [1.165, 1.54) is 6.92 Å². The van der Waals surface area contributed by atoms with Gasteiger partial charge in [0.05, 0.1) is 0 Å². The van der Waals surface area contributed by atoms with E-state index in [4.69, 9.17) is 0 Å². The molecule has 0 aromatic heterocycles. The molecule has 2 saturated heterocycles. The standard InChI is InChI=1S/C20H25N3O3/c1-12(24)14-3-2-4-15(9-14)22-20(26)23-17-7-8-18(23)11-16(10-17)21-19(25)13-5-6-13/h2-4,9,13,16-18H,5-8,10-11H2,1H3,(H,21,25)(H,22,26)/t16?,17-,18+. The monoisotopic (exact) mass is 355 g/mol. The van der Waals surface area contributed by atoms with E-state index in [-0.39, 0.29) is 41.8 Å². The third-order valence-corrected chi connectivity index (χ3v) is 5.78. The number of benzene rings is 1. The summed E-state index contributed by atoms with van der Waals surface area (Å²) in [5.74, 6) is 0.393. The number of ketones is 1. The Balaban J connectivity index is 1.39. The SMILES string of the molecule is CC(=O)c1cccc(NC(=O)N2[C@@H]3CC[C@H]2CC(NC(=O)C2CC2)C3)c1. The summed E-state index contributed by atoms with van der Waals surface area (Å²) in [6, 6.07) is 7.47. The van der Waals surface area contributed by atoms with Crippen LogP contribution in [-0.4, -0.2) is 40.7 Å². The number of hydrogen-bond acceptors (Lipinski definition) is 3. The summed E-state index contributed by atoms with van der Waals surface area (Å²) >= 11 is 0. The van der Waals surface area contributed by atoms with Crippen molar-refractivity contribution in [2.75, 3.05) is 5.32 Å². The molecule has 26 heavy (non-hydrogen) atoms. The van der Waals surface area contributed by atoms with Crippen molar-refractivity contribution in [2.24, 2.45) is 5.92 Å². The number of anilines is 1. The summed E-state index contributed by atoms with van der Waals surface area (Å²) in [7, 11) is 0. The molecule has 3 amide bonds. The second-order valence-electron chi connectivity index (χ2n) is 7.81. The molecule has 1 aromatic rings. The summed E-state index contributed by atoms with van der Waals surface area (Å²) in [6.45, 7) is 1.52. The number of Topliss-reactive ketones (excluding diaryl/α,β-unsaturated/α-hetero) is 1. The van der Waals surface area contributed by atoms with Crippen LogP contribution in [0.3, 0.4) is 0 Å². The van der Waals surface area contributed by atoms with Crippen LogP contribution in [0.1, 0.15) is 55.8 Å². The summed E-state index contributed by atoms with van der Waals surface area (Å²) in [6.07, 6.45) is 5.66. The van der Waals surface area contributed by atoms with E-state index in [2.05, 4.69) is 10.6 Å². The number of carbonyl (C=O) groups excluding carboxylic acids is 3. The molecule has 3 atom stereocenters. The van der Waals surface area contributed by atoms with Crippen LogP contribution >= 0.6 is 0 Å². The maximum absolute atomic E-state index is 12.8. The molecule has 2 aliphatic heterocycles. The molecule has 3 aliphatic rings. The van der Waals surface area contributed by atoms with Gasteiger partial charge in [-0.25, -0.2) is 4.79 Å². The first kappa shape index (κ1) is 17.1. The van der Waals surface area contributed by atoms with Crippen LogP contribution in [0.2, 0.25) is 0 Å². The van der Waals surface area contributed by atoms with E-state index in [1.807, 2.05) is 4.90 Å². The molecule has 1 saturated carbocycles. The molecule has 3 fully saturated rings. The van der Waals surface area contributed by atoms with Gasteiger partial charge in [-0.05, 0) is 57.6 Å². The van der Waals surface area contributed by atoms with Gasteiger partial charge in [0, 0.05) is 35.3 Å². The first-order chi connectivity index (χ1) is 12.5. The minimum absolute atomic E-state index is 0.0200. The Morgan fingerprint density at radius 3 is 2.35 bits per heavy atom. The number of piperidine rings is 1. The van der Waals surface area contributed by atoms with Gasteiger partial charge in [-0.1, -0.05) is 12.1 Å². The van der Waals surface area contributed by atoms with Crippen LogP contribution in [0.15, 0.2) is 24.3 Å². The Kier molecular flexibility index (Phi) is 4.42. The smallest absolute Gasteiger partial charge is 0.322 e. The van der Waals surface area contributed by atoms with Crippen molar-refractivity contribution >= 4 is 23.4 Å². The maximum Gasteiger partial charge on any atom is 0.322 e. The average molecular weight is 355 g/mol. The Hall–Kier alpha value is -2.37. The first-order valence-electron chi connectivity index (χ1n) is 9.52. The molecule has 1 unspecified atom stereocenters. The van der Waals surface area contributed by atoms with Crippen LogP contribution in [-0.2, 0) is 4.79 Å². The van der Waals surface area contributed by atoms with Gasteiger partial charge < -0.3 is 15.5 Å². The predicted octanol–water partition coefficient (Wildman–Crippen LogP) is 2.94.